The normalized spacial score (nSPS) is 10.3. The molecular formula is C11H8Cl2N2OS. The second kappa shape index (κ2) is 5.04. The van der Waals surface area contributed by atoms with Crippen molar-refractivity contribution in [1.82, 2.24) is 4.98 Å². The maximum absolute atomic E-state index is 11.9. The van der Waals surface area contributed by atoms with Gasteiger partial charge in [-0.2, -0.15) is 0 Å². The number of amides is 1. The Morgan fingerprint density at radius 2 is 2.18 bits per heavy atom. The van der Waals surface area contributed by atoms with Crippen LogP contribution in [0.4, 0.5) is 5.13 Å². The lowest BCUT2D eigenvalue weighted by Crippen LogP contribution is -2.12. The van der Waals surface area contributed by atoms with Crippen molar-refractivity contribution >= 4 is 45.6 Å². The van der Waals surface area contributed by atoms with Crippen molar-refractivity contribution in [1.29, 1.82) is 0 Å². The van der Waals surface area contributed by atoms with E-state index in [2.05, 4.69) is 10.3 Å². The molecule has 0 aliphatic carbocycles. The Bertz CT molecular complexity index is 568. The number of hydrogen-bond acceptors (Lipinski definition) is 3. The quantitative estimate of drug-likeness (QED) is 0.906. The number of benzene rings is 1. The molecule has 0 spiro atoms. The Morgan fingerprint density at radius 3 is 2.82 bits per heavy atom. The summed E-state index contributed by atoms with van der Waals surface area (Å²) < 4.78 is 0. The van der Waals surface area contributed by atoms with Gasteiger partial charge in [-0.3, -0.25) is 10.1 Å². The van der Waals surface area contributed by atoms with Gasteiger partial charge >= 0.3 is 0 Å². The fourth-order valence-electron chi connectivity index (χ4n) is 1.25. The number of hydrogen-bond donors (Lipinski definition) is 1. The molecule has 0 saturated heterocycles. The third-order valence-corrected chi connectivity index (χ3v) is 3.41. The molecule has 88 valence electrons. The number of nitrogens with zero attached hydrogens (tertiary/aromatic N) is 1. The predicted molar refractivity (Wildman–Crippen MR) is 71.3 cm³/mol. The fourth-order valence-corrected chi connectivity index (χ4v) is 2.28. The topological polar surface area (TPSA) is 42.0 Å². The molecule has 2 aromatic rings. The van der Waals surface area contributed by atoms with E-state index in [9.17, 15) is 4.79 Å². The van der Waals surface area contributed by atoms with Crippen LogP contribution in [0.5, 0.6) is 0 Å². The van der Waals surface area contributed by atoms with Crippen LogP contribution in [0.3, 0.4) is 0 Å². The summed E-state index contributed by atoms with van der Waals surface area (Å²) in [6.45, 7) is 1.92. The van der Waals surface area contributed by atoms with Gasteiger partial charge in [0, 0.05) is 16.1 Å². The first-order valence-corrected chi connectivity index (χ1v) is 6.32. The van der Waals surface area contributed by atoms with E-state index in [-0.39, 0.29) is 5.91 Å². The number of aryl methyl sites for hydroxylation is 1. The lowest BCUT2D eigenvalue weighted by Gasteiger charge is -2.04. The van der Waals surface area contributed by atoms with Crippen LogP contribution in [0, 0.1) is 6.92 Å². The lowest BCUT2D eigenvalue weighted by atomic mass is 10.2. The summed E-state index contributed by atoms with van der Waals surface area (Å²) in [6.07, 6.45) is 1.69. The minimum absolute atomic E-state index is 0.313. The van der Waals surface area contributed by atoms with Crippen LogP contribution < -0.4 is 5.32 Å². The molecule has 0 unspecified atom stereocenters. The Labute approximate surface area is 112 Å². The summed E-state index contributed by atoms with van der Waals surface area (Å²) >= 11 is 13.1. The summed E-state index contributed by atoms with van der Waals surface area (Å²) in [6, 6.07) is 4.75. The number of anilines is 1. The van der Waals surface area contributed by atoms with Crippen LogP contribution in [0.15, 0.2) is 24.4 Å². The largest absolute Gasteiger partial charge is 0.298 e. The van der Waals surface area contributed by atoms with E-state index in [1.165, 1.54) is 17.4 Å². The fraction of sp³-hybridized carbons (Fsp3) is 0.0909. The van der Waals surface area contributed by atoms with Crippen LogP contribution in [-0.2, 0) is 0 Å². The molecule has 1 N–H and O–H groups in total. The smallest absolute Gasteiger partial charge is 0.259 e. The first kappa shape index (κ1) is 12.4. The molecule has 0 saturated carbocycles. The molecule has 2 rings (SSSR count). The summed E-state index contributed by atoms with van der Waals surface area (Å²) in [4.78, 5) is 17.0. The van der Waals surface area contributed by atoms with Gasteiger partial charge in [-0.25, -0.2) is 4.98 Å². The monoisotopic (exact) mass is 286 g/mol. The molecule has 1 heterocycles. The third-order valence-electron chi connectivity index (χ3n) is 2.01. The number of halogens is 2. The first-order chi connectivity index (χ1) is 8.06. The standard InChI is InChI=1S/C11H8Cl2N2OS/c1-6-5-14-11(17-6)15-10(16)8-4-7(12)2-3-9(8)13/h2-5H,1H3,(H,14,15,16). The molecule has 3 nitrogen and oxygen atoms in total. The highest BCUT2D eigenvalue weighted by Crippen LogP contribution is 2.23. The molecule has 0 radical (unpaired) electrons. The van der Waals surface area contributed by atoms with Crippen molar-refractivity contribution in [2.45, 2.75) is 6.92 Å². The van der Waals surface area contributed by atoms with E-state index in [4.69, 9.17) is 23.2 Å². The predicted octanol–water partition coefficient (Wildman–Crippen LogP) is 4.01. The first-order valence-electron chi connectivity index (χ1n) is 4.75. The van der Waals surface area contributed by atoms with Crippen LogP contribution in [-0.4, -0.2) is 10.9 Å². The Balaban J connectivity index is 2.22. The van der Waals surface area contributed by atoms with Gasteiger partial charge in [0.1, 0.15) is 0 Å². The number of carbonyl (C=O) groups excluding carboxylic acids is 1. The maximum Gasteiger partial charge on any atom is 0.259 e. The minimum Gasteiger partial charge on any atom is -0.298 e. The highest BCUT2D eigenvalue weighted by Gasteiger charge is 2.12. The molecule has 0 aliphatic rings. The van der Waals surface area contributed by atoms with E-state index in [1.54, 1.807) is 18.3 Å². The van der Waals surface area contributed by atoms with E-state index < -0.39 is 0 Å². The second-order valence-electron chi connectivity index (χ2n) is 3.35. The summed E-state index contributed by atoms with van der Waals surface area (Å²) in [5.74, 6) is -0.313. The van der Waals surface area contributed by atoms with Crippen LogP contribution in [0.2, 0.25) is 10.0 Å². The molecule has 0 bridgehead atoms. The molecule has 1 amide bonds. The van der Waals surface area contributed by atoms with Crippen molar-refractivity contribution < 1.29 is 4.79 Å². The van der Waals surface area contributed by atoms with E-state index in [0.717, 1.165) is 4.88 Å². The summed E-state index contributed by atoms with van der Waals surface area (Å²) in [5, 5.41) is 4.05. The number of carbonyl (C=O) groups is 1. The summed E-state index contributed by atoms with van der Waals surface area (Å²) in [5.41, 5.74) is 0.340. The molecule has 6 heteroatoms. The van der Waals surface area contributed by atoms with Crippen molar-refractivity contribution in [2.24, 2.45) is 0 Å². The van der Waals surface area contributed by atoms with E-state index in [1.807, 2.05) is 6.92 Å². The highest BCUT2D eigenvalue weighted by molar-refractivity contribution is 7.15. The van der Waals surface area contributed by atoms with Crippen LogP contribution in [0.25, 0.3) is 0 Å². The van der Waals surface area contributed by atoms with Crippen LogP contribution in [0.1, 0.15) is 15.2 Å². The molecule has 0 aliphatic heterocycles. The molecule has 1 aromatic carbocycles. The van der Waals surface area contributed by atoms with Gasteiger partial charge < -0.3 is 0 Å². The number of aromatic nitrogens is 1. The van der Waals surface area contributed by atoms with Gasteiger partial charge in [0.15, 0.2) is 5.13 Å². The molecule has 1 aromatic heterocycles. The van der Waals surface area contributed by atoms with Gasteiger partial charge in [0.25, 0.3) is 5.91 Å². The third kappa shape index (κ3) is 2.97. The van der Waals surface area contributed by atoms with E-state index >= 15 is 0 Å². The molecule has 17 heavy (non-hydrogen) atoms. The highest BCUT2D eigenvalue weighted by atomic mass is 35.5. The van der Waals surface area contributed by atoms with Crippen molar-refractivity contribution in [3.8, 4) is 0 Å². The SMILES string of the molecule is Cc1cnc(NC(=O)c2cc(Cl)ccc2Cl)s1. The molecule has 0 atom stereocenters. The van der Waals surface area contributed by atoms with Crippen molar-refractivity contribution in [3.05, 3.63) is 44.9 Å². The maximum atomic E-state index is 11.9. The molecular weight excluding hydrogens is 279 g/mol. The minimum atomic E-state index is -0.313. The number of thiazole rings is 1. The zero-order valence-corrected chi connectivity index (χ0v) is 11.2. The average Bonchev–Trinajstić information content (AvgIpc) is 2.67. The average molecular weight is 287 g/mol. The zero-order valence-electron chi connectivity index (χ0n) is 8.83. The molecule has 0 fully saturated rings. The van der Waals surface area contributed by atoms with Gasteiger partial charge in [-0.15, -0.1) is 11.3 Å². The zero-order chi connectivity index (χ0) is 12.4. The van der Waals surface area contributed by atoms with Crippen molar-refractivity contribution in [3.63, 3.8) is 0 Å². The lowest BCUT2D eigenvalue weighted by molar-refractivity contribution is 0.102. The van der Waals surface area contributed by atoms with Gasteiger partial charge in [0.05, 0.1) is 10.6 Å². The Morgan fingerprint density at radius 1 is 1.41 bits per heavy atom. The second-order valence-corrected chi connectivity index (χ2v) is 5.43. The van der Waals surface area contributed by atoms with Gasteiger partial charge in [-0.1, -0.05) is 23.2 Å². The number of nitrogens with one attached hydrogen (secondary N) is 1. The van der Waals surface area contributed by atoms with Crippen molar-refractivity contribution in [2.75, 3.05) is 5.32 Å². The van der Waals surface area contributed by atoms with Crippen LogP contribution >= 0.6 is 34.5 Å². The summed E-state index contributed by atoms with van der Waals surface area (Å²) in [7, 11) is 0. The Kier molecular flexibility index (Phi) is 3.66. The van der Waals surface area contributed by atoms with Gasteiger partial charge in [-0.05, 0) is 25.1 Å². The number of rotatable bonds is 2. The Hall–Kier alpha value is -1.10. The van der Waals surface area contributed by atoms with Gasteiger partial charge in [0.2, 0.25) is 0 Å². The van der Waals surface area contributed by atoms with E-state index in [0.29, 0.717) is 20.7 Å².